The Bertz CT molecular complexity index is 734. The van der Waals surface area contributed by atoms with Crippen LogP contribution in [0.25, 0.3) is 11.3 Å². The predicted octanol–water partition coefficient (Wildman–Crippen LogP) is 4.14. The third-order valence-corrected chi connectivity index (χ3v) is 3.08. The number of nitrogens with zero attached hydrogens (tertiary/aromatic N) is 2. The molecule has 1 heterocycles. The first-order valence-corrected chi connectivity index (χ1v) is 7.12. The van der Waals surface area contributed by atoms with Gasteiger partial charge in [-0.2, -0.15) is 0 Å². The van der Waals surface area contributed by atoms with Crippen LogP contribution < -0.4 is 4.90 Å². The molecule has 0 aliphatic carbocycles. The number of para-hydroxylation sites is 2. The number of pyridine rings is 1. The molecular weight excluding hydrogens is 483 g/mol. The molecule has 0 saturated heterocycles. The van der Waals surface area contributed by atoms with E-state index >= 15 is 0 Å². The van der Waals surface area contributed by atoms with Crippen molar-refractivity contribution in [2.24, 2.45) is 0 Å². The van der Waals surface area contributed by atoms with Gasteiger partial charge < -0.3 is 15.0 Å². The quantitative estimate of drug-likeness (QED) is 0.537. The monoisotopic (exact) mass is 502 g/mol. The van der Waals surface area contributed by atoms with Crippen molar-refractivity contribution in [3.8, 4) is 17.0 Å². The minimum atomic E-state index is -0.278. The van der Waals surface area contributed by atoms with E-state index in [9.17, 15) is 9.50 Å². The first kappa shape index (κ1) is 19.8. The van der Waals surface area contributed by atoms with Gasteiger partial charge in [0.15, 0.2) is 0 Å². The molecule has 0 bridgehead atoms. The molecule has 3 aromatic rings. The number of phenolic OH excluding ortho intramolecular Hbond substituents is 1. The summed E-state index contributed by atoms with van der Waals surface area (Å²) in [4.78, 5) is 6.00. The summed E-state index contributed by atoms with van der Waals surface area (Å²) in [5.74, 6) is 0.0483. The first-order valence-electron chi connectivity index (χ1n) is 7.12. The van der Waals surface area contributed by atoms with E-state index in [1.807, 2.05) is 55.4 Å². The summed E-state index contributed by atoms with van der Waals surface area (Å²) < 4.78 is 12.6. The number of rotatable bonds is 2. The van der Waals surface area contributed by atoms with E-state index in [2.05, 4.69) is 11.1 Å². The Hall–Kier alpha value is -2.23. The van der Waals surface area contributed by atoms with E-state index in [1.165, 1.54) is 12.1 Å². The summed E-state index contributed by atoms with van der Waals surface area (Å²) in [5.41, 5.74) is 2.46. The number of hydrogen-bond donors (Lipinski definition) is 1. The van der Waals surface area contributed by atoms with Crippen LogP contribution in [0.1, 0.15) is 0 Å². The molecule has 0 aliphatic rings. The number of halogens is 1. The molecule has 0 atom stereocenters. The molecule has 1 N–H and O–H groups in total. The molecule has 5 heteroatoms. The smallest absolute Gasteiger partial charge is 0.138 e. The normalized spacial score (nSPS) is 9.29. The number of hydrogen-bond acceptors (Lipinski definition) is 3. The Morgan fingerprint density at radius 3 is 2.21 bits per heavy atom. The Balaban J connectivity index is 0.000000238. The molecule has 3 nitrogen and oxygen atoms in total. The van der Waals surface area contributed by atoms with Crippen LogP contribution in [0.15, 0.2) is 66.9 Å². The molecule has 0 aliphatic heterocycles. The van der Waals surface area contributed by atoms with Crippen molar-refractivity contribution in [3.63, 3.8) is 0 Å². The van der Waals surface area contributed by atoms with Crippen LogP contribution in [0.4, 0.5) is 10.1 Å². The van der Waals surface area contributed by atoms with Gasteiger partial charge in [-0.3, -0.25) is 4.39 Å². The fourth-order valence-electron chi connectivity index (χ4n) is 1.93. The second-order valence-corrected chi connectivity index (χ2v) is 5.02. The van der Waals surface area contributed by atoms with Gasteiger partial charge in [0, 0.05) is 46.2 Å². The number of aromatic hydroxyl groups is 1. The average Bonchev–Trinajstić information content (AvgIpc) is 2.57. The van der Waals surface area contributed by atoms with Crippen LogP contribution in [0.3, 0.4) is 0 Å². The molecule has 127 valence electrons. The number of phenols is 1. The second-order valence-electron chi connectivity index (χ2n) is 5.02. The second kappa shape index (κ2) is 9.81. The van der Waals surface area contributed by atoms with Gasteiger partial charge in [-0.05, 0) is 23.9 Å². The Morgan fingerprint density at radius 1 is 1.00 bits per heavy atom. The molecule has 1 radical (unpaired) electrons. The summed E-state index contributed by atoms with van der Waals surface area (Å²) in [6.45, 7) is 0. The van der Waals surface area contributed by atoms with Gasteiger partial charge in [0.1, 0.15) is 5.75 Å². The minimum absolute atomic E-state index is 0. The van der Waals surface area contributed by atoms with Crippen LogP contribution in [0.2, 0.25) is 0 Å². The van der Waals surface area contributed by atoms with Crippen molar-refractivity contribution in [1.82, 2.24) is 4.98 Å². The fourth-order valence-corrected chi connectivity index (χ4v) is 1.93. The zero-order valence-electron chi connectivity index (χ0n) is 13.4. The molecule has 0 fully saturated rings. The zero-order chi connectivity index (χ0) is 16.7. The maximum Gasteiger partial charge on any atom is 0.138 e. The minimum Gasteiger partial charge on any atom is -0.506 e. The van der Waals surface area contributed by atoms with Crippen LogP contribution in [0.5, 0.6) is 5.75 Å². The summed E-state index contributed by atoms with van der Waals surface area (Å²) in [6, 6.07) is 20.0. The largest absolute Gasteiger partial charge is 0.506 e. The van der Waals surface area contributed by atoms with Gasteiger partial charge in [-0.15, -0.1) is 29.8 Å². The number of benzene rings is 2. The third-order valence-electron chi connectivity index (χ3n) is 3.08. The molecule has 3 rings (SSSR count). The zero-order valence-corrected chi connectivity index (χ0v) is 15.8. The van der Waals surface area contributed by atoms with Gasteiger partial charge in [-0.25, -0.2) is 0 Å². The predicted molar refractivity (Wildman–Crippen MR) is 90.9 cm³/mol. The van der Waals surface area contributed by atoms with Crippen molar-refractivity contribution in [3.05, 3.63) is 78.7 Å². The van der Waals surface area contributed by atoms with Gasteiger partial charge >= 0.3 is 0 Å². The van der Waals surface area contributed by atoms with E-state index in [1.54, 1.807) is 18.3 Å². The van der Waals surface area contributed by atoms with Gasteiger partial charge in [-0.1, -0.05) is 24.3 Å². The summed E-state index contributed by atoms with van der Waals surface area (Å²) >= 11 is 0. The van der Waals surface area contributed by atoms with Crippen molar-refractivity contribution in [2.75, 3.05) is 19.0 Å². The fraction of sp³-hybridized carbons (Fsp3) is 0.105. The molecule has 2 aromatic carbocycles. The number of anilines is 1. The van der Waals surface area contributed by atoms with E-state index in [0.717, 1.165) is 16.9 Å². The van der Waals surface area contributed by atoms with Gasteiger partial charge in [0.2, 0.25) is 0 Å². The molecule has 0 amide bonds. The van der Waals surface area contributed by atoms with Gasteiger partial charge in [0.25, 0.3) is 0 Å². The SMILES string of the molecule is CN(C)c1ccccc1O.Fc1c[c-]c(-c2ccccn2)cc1.[Ir]. The Morgan fingerprint density at radius 2 is 1.71 bits per heavy atom. The average molecular weight is 502 g/mol. The van der Waals surface area contributed by atoms with Crippen molar-refractivity contribution in [1.29, 1.82) is 0 Å². The molecule has 0 saturated carbocycles. The van der Waals surface area contributed by atoms with Crippen molar-refractivity contribution >= 4 is 5.69 Å². The maximum absolute atomic E-state index is 12.6. The molecule has 0 unspecified atom stereocenters. The van der Waals surface area contributed by atoms with E-state index in [0.29, 0.717) is 5.75 Å². The first-order chi connectivity index (χ1) is 11.1. The van der Waals surface area contributed by atoms with Crippen LogP contribution in [0, 0.1) is 11.9 Å². The van der Waals surface area contributed by atoms with Crippen LogP contribution >= 0.6 is 0 Å². The standard InChI is InChI=1S/C11H7FN.C8H11NO.Ir/c12-10-6-4-9(5-7-10)11-3-1-2-8-13-11;1-9(2)7-5-3-4-6-8(7)10;/h1-4,6-8H;3-6,10H,1-2H3;/q-1;;. The molecule has 1 aromatic heterocycles. The summed E-state index contributed by atoms with van der Waals surface area (Å²) in [6.07, 6.45) is 1.70. The maximum atomic E-state index is 12.6. The van der Waals surface area contributed by atoms with E-state index in [-0.39, 0.29) is 25.9 Å². The third kappa shape index (κ3) is 5.76. The van der Waals surface area contributed by atoms with Crippen molar-refractivity contribution < 1.29 is 29.6 Å². The molecule has 0 spiro atoms. The van der Waals surface area contributed by atoms with E-state index in [4.69, 9.17) is 0 Å². The van der Waals surface area contributed by atoms with Crippen LogP contribution in [-0.4, -0.2) is 24.2 Å². The Kier molecular flexibility index (Phi) is 8.10. The summed E-state index contributed by atoms with van der Waals surface area (Å²) in [7, 11) is 3.80. The van der Waals surface area contributed by atoms with E-state index < -0.39 is 0 Å². The van der Waals surface area contributed by atoms with Gasteiger partial charge in [0.05, 0.1) is 5.69 Å². The van der Waals surface area contributed by atoms with Crippen molar-refractivity contribution in [2.45, 2.75) is 0 Å². The topological polar surface area (TPSA) is 36.4 Å². The number of aromatic nitrogens is 1. The van der Waals surface area contributed by atoms with Crippen LogP contribution in [-0.2, 0) is 20.1 Å². The molecule has 24 heavy (non-hydrogen) atoms. The molecular formula is C19H18FIrN2O-. The summed E-state index contributed by atoms with van der Waals surface area (Å²) in [5, 5.41) is 9.24. The Labute approximate surface area is 155 Å².